The van der Waals surface area contributed by atoms with E-state index in [1.165, 1.54) is 30.5 Å². The van der Waals surface area contributed by atoms with Crippen LogP contribution in [0.5, 0.6) is 0 Å². The van der Waals surface area contributed by atoms with Gasteiger partial charge in [-0.1, -0.05) is 119 Å². The summed E-state index contributed by atoms with van der Waals surface area (Å²) in [5, 5.41) is 56.1. The number of nitrogens with one attached hydrogen (secondary N) is 10. The summed E-state index contributed by atoms with van der Waals surface area (Å²) in [6.07, 6.45) is 0.376. The fourth-order valence-corrected chi connectivity index (χ4v) is 11.3. The largest absolute Gasteiger partial charge is 0.480 e. The van der Waals surface area contributed by atoms with E-state index in [-0.39, 0.29) is 64.0 Å². The zero-order valence-electron chi connectivity index (χ0n) is 57.2. The number of nitrogens with two attached hydrogens (primary N) is 3. The van der Waals surface area contributed by atoms with Gasteiger partial charge in [0, 0.05) is 25.8 Å². The molecule has 1 fully saturated rings. The van der Waals surface area contributed by atoms with Crippen molar-refractivity contribution in [3.63, 3.8) is 0 Å². The van der Waals surface area contributed by atoms with Crippen LogP contribution in [0.3, 0.4) is 0 Å². The summed E-state index contributed by atoms with van der Waals surface area (Å²) in [6, 6.07) is 8.56. The average Bonchev–Trinajstić information content (AvgIpc) is 1.60. The quantitative estimate of drug-likeness (QED) is 0.0268. The first-order chi connectivity index (χ1) is 47.0. The molecule has 0 aromatic heterocycles. The standard InChI is InChI=1S/C68H100N14O16S/c1-38(2)32-47(59(88)73-46(28-31-99-7)67(96)82-30-19-27-53(82)64(93)80-55(39(3)4)65(94)79-52(37-83)68(97)98)75-58(87)45(26-17-18-29-69)72-60(89)48(33-42-20-11-8-12-21-42)76-61(90)49(34-43-22-13-9-14-23-43)78-66(95)56(41(6)84)81-63(92)50(35-44-24-15-10-16-25-44)77-62(91)51(36-54(71)85)74-57(86)40(5)70/h8-16,20-25,38-41,45-53,55-56,83-84H,17-19,26-37,69-70H2,1-7H3,(H2,71,85)(H,72,89)(H,73,88)(H,74,86)(H,75,87)(H,76,90)(H,77,91)(H,78,95)(H,79,94)(H,80,93)(H,81,92)(H,97,98)/t40-,41+,45-,46-,47-,48-,49-,50-,51-,52-,53-,55-,56-/m0/s1. The van der Waals surface area contributed by atoms with Crippen molar-refractivity contribution in [1.82, 2.24) is 58.1 Å². The smallest absolute Gasteiger partial charge is 0.328 e. The topological polar surface area (TPSA) is 484 Å². The molecule has 0 unspecified atom stereocenters. The predicted octanol–water partition coefficient (Wildman–Crippen LogP) is -2.18. The number of rotatable bonds is 42. The molecule has 544 valence electrons. The van der Waals surface area contributed by atoms with E-state index in [4.69, 9.17) is 17.2 Å². The van der Waals surface area contributed by atoms with Crippen LogP contribution >= 0.6 is 11.8 Å². The van der Waals surface area contributed by atoms with E-state index in [1.807, 2.05) is 13.8 Å². The number of amides is 12. The molecule has 0 aliphatic carbocycles. The van der Waals surface area contributed by atoms with Crippen LogP contribution in [0.1, 0.15) is 110 Å². The van der Waals surface area contributed by atoms with E-state index in [0.717, 1.165) is 0 Å². The zero-order valence-corrected chi connectivity index (χ0v) is 58.0. The van der Waals surface area contributed by atoms with Crippen molar-refractivity contribution >= 4 is 88.6 Å². The van der Waals surface area contributed by atoms with Gasteiger partial charge in [0.15, 0.2) is 0 Å². The maximum atomic E-state index is 14.9. The molecule has 0 spiro atoms. The van der Waals surface area contributed by atoms with Gasteiger partial charge in [0.1, 0.15) is 66.5 Å². The minimum absolute atomic E-state index is 0.00193. The average molecular weight is 1400 g/mol. The molecule has 0 radical (unpaired) electrons. The molecule has 0 saturated carbocycles. The van der Waals surface area contributed by atoms with E-state index >= 15 is 0 Å². The molecule has 30 nitrogen and oxygen atoms in total. The van der Waals surface area contributed by atoms with E-state index < -0.39 is 174 Å². The summed E-state index contributed by atoms with van der Waals surface area (Å²) >= 11 is 1.39. The molecule has 1 aliphatic heterocycles. The molecule has 1 aliphatic rings. The minimum Gasteiger partial charge on any atom is -0.480 e. The molecule has 1 heterocycles. The third-order valence-corrected chi connectivity index (χ3v) is 16.9. The number of primary amides is 1. The summed E-state index contributed by atoms with van der Waals surface area (Å²) in [4.78, 5) is 181. The number of carbonyl (C=O) groups is 13. The van der Waals surface area contributed by atoms with Crippen LogP contribution in [0.25, 0.3) is 0 Å². The van der Waals surface area contributed by atoms with Crippen LogP contribution in [0, 0.1) is 11.8 Å². The van der Waals surface area contributed by atoms with E-state index in [0.29, 0.717) is 41.7 Å². The van der Waals surface area contributed by atoms with Gasteiger partial charge in [-0.05, 0) is 106 Å². The van der Waals surface area contributed by atoms with Crippen LogP contribution in [0.2, 0.25) is 0 Å². The number of likely N-dealkylation sites (tertiary alicyclic amines) is 1. The number of aliphatic hydroxyl groups excluding tert-OH is 2. The van der Waals surface area contributed by atoms with Gasteiger partial charge in [-0.3, -0.25) is 57.5 Å². The first-order valence-electron chi connectivity index (χ1n) is 33.2. The lowest BCUT2D eigenvalue weighted by atomic mass is 10.00. The number of aliphatic carboxylic acids is 1. The number of hydrogen-bond donors (Lipinski definition) is 16. The monoisotopic (exact) mass is 1400 g/mol. The highest BCUT2D eigenvalue weighted by Gasteiger charge is 2.42. The Morgan fingerprint density at radius 1 is 0.525 bits per heavy atom. The summed E-state index contributed by atoms with van der Waals surface area (Å²) in [5.74, 6) is -12.2. The fourth-order valence-electron chi connectivity index (χ4n) is 10.9. The van der Waals surface area contributed by atoms with Crippen LogP contribution in [0.4, 0.5) is 0 Å². The van der Waals surface area contributed by atoms with Crippen molar-refractivity contribution in [3.05, 3.63) is 108 Å². The molecule has 3 aromatic carbocycles. The van der Waals surface area contributed by atoms with Crippen LogP contribution in [-0.2, 0) is 81.6 Å². The molecule has 1 saturated heterocycles. The number of nitrogens with zero attached hydrogens (tertiary/aromatic N) is 1. The maximum absolute atomic E-state index is 14.9. The Bertz CT molecular complexity index is 3190. The van der Waals surface area contributed by atoms with E-state index in [9.17, 15) is 77.6 Å². The number of thioether (sulfide) groups is 1. The van der Waals surface area contributed by atoms with Crippen molar-refractivity contribution < 1.29 is 77.6 Å². The fraction of sp³-hybridized carbons (Fsp3) is 0.544. The number of aliphatic hydroxyl groups is 2. The Balaban J connectivity index is 1.64. The SMILES string of the molecule is CSCC[C@H](NC(=O)[C@H](CC(C)C)NC(=O)[C@H](CCCCN)NC(=O)[C@H](Cc1ccccc1)NC(=O)[C@H](Cc1ccccc1)NC(=O)[C@@H](NC(=O)[C@H](Cc1ccccc1)NC(=O)[C@H](CC(N)=O)NC(=O)[C@H](C)N)[C@@H](C)O)C(=O)N1CCC[C@H]1C(=O)N[C@H](C(=O)N[C@@H](CO)C(=O)O)C(C)C. The molecule has 12 amide bonds. The number of carboxylic acids is 1. The van der Waals surface area contributed by atoms with Gasteiger partial charge < -0.3 is 90.6 Å². The van der Waals surface area contributed by atoms with Gasteiger partial charge in [-0.15, -0.1) is 0 Å². The minimum atomic E-state index is -1.81. The molecule has 13 atom stereocenters. The van der Waals surface area contributed by atoms with E-state index in [2.05, 4.69) is 53.2 Å². The third kappa shape index (κ3) is 27.7. The molecule has 19 N–H and O–H groups in total. The van der Waals surface area contributed by atoms with Crippen LogP contribution in [-0.4, -0.2) is 207 Å². The molecule has 99 heavy (non-hydrogen) atoms. The summed E-state index contributed by atoms with van der Waals surface area (Å²) in [5.41, 5.74) is 18.6. The van der Waals surface area contributed by atoms with Crippen molar-refractivity contribution in [2.75, 3.05) is 31.7 Å². The number of benzene rings is 3. The molecule has 0 bridgehead atoms. The van der Waals surface area contributed by atoms with Gasteiger partial charge in [-0.25, -0.2) is 4.79 Å². The second-order valence-corrected chi connectivity index (χ2v) is 26.4. The number of unbranched alkanes of at least 4 members (excludes halogenated alkanes) is 1. The maximum Gasteiger partial charge on any atom is 0.328 e. The second kappa shape index (κ2) is 42.0. The molecular formula is C68H100N14O16S. The number of hydrogen-bond acceptors (Lipinski definition) is 18. The van der Waals surface area contributed by atoms with Gasteiger partial charge in [-0.2, -0.15) is 11.8 Å². The van der Waals surface area contributed by atoms with Crippen molar-refractivity contribution in [3.8, 4) is 0 Å². The lowest BCUT2D eigenvalue weighted by Gasteiger charge is -2.32. The van der Waals surface area contributed by atoms with Crippen LogP contribution in [0.15, 0.2) is 91.0 Å². The Labute approximate surface area is 581 Å². The Hall–Kier alpha value is -9.04. The highest BCUT2D eigenvalue weighted by Crippen LogP contribution is 2.22. The molecular weight excluding hydrogens is 1300 g/mol. The number of carboxylic acid groups (broad SMARTS) is 1. The first-order valence-corrected chi connectivity index (χ1v) is 34.6. The molecule has 4 rings (SSSR count). The van der Waals surface area contributed by atoms with Crippen molar-refractivity contribution in [2.45, 2.75) is 191 Å². The highest BCUT2D eigenvalue weighted by molar-refractivity contribution is 7.98. The predicted molar refractivity (Wildman–Crippen MR) is 369 cm³/mol. The third-order valence-electron chi connectivity index (χ3n) is 16.3. The Kier molecular flexibility index (Phi) is 35.0. The molecule has 31 heteroatoms. The summed E-state index contributed by atoms with van der Waals surface area (Å²) in [6.45, 7) is 8.85. The summed E-state index contributed by atoms with van der Waals surface area (Å²) < 4.78 is 0. The second-order valence-electron chi connectivity index (χ2n) is 25.4. The Morgan fingerprint density at radius 2 is 0.949 bits per heavy atom. The zero-order chi connectivity index (χ0) is 73.5. The lowest BCUT2D eigenvalue weighted by Crippen LogP contribution is -2.62. The summed E-state index contributed by atoms with van der Waals surface area (Å²) in [7, 11) is 0. The van der Waals surface area contributed by atoms with Gasteiger partial charge >= 0.3 is 5.97 Å². The Morgan fingerprint density at radius 3 is 1.39 bits per heavy atom. The van der Waals surface area contributed by atoms with Crippen LogP contribution < -0.4 is 70.4 Å². The normalized spacial score (nSPS) is 16.4. The first kappa shape index (κ1) is 82.4. The van der Waals surface area contributed by atoms with Gasteiger partial charge in [0.05, 0.1) is 25.2 Å². The van der Waals surface area contributed by atoms with Crippen molar-refractivity contribution in [1.29, 1.82) is 0 Å². The van der Waals surface area contributed by atoms with Gasteiger partial charge in [0.25, 0.3) is 0 Å². The highest BCUT2D eigenvalue weighted by atomic mass is 32.2. The van der Waals surface area contributed by atoms with Gasteiger partial charge in [0.2, 0.25) is 70.9 Å². The van der Waals surface area contributed by atoms with Crippen molar-refractivity contribution in [2.24, 2.45) is 29.0 Å². The molecule has 3 aromatic rings. The number of carbonyl (C=O) groups excluding carboxylic acids is 12. The van der Waals surface area contributed by atoms with E-state index in [1.54, 1.807) is 111 Å². The lowest BCUT2D eigenvalue weighted by molar-refractivity contribution is -0.144.